The molecule has 0 atom stereocenters. The van der Waals surface area contributed by atoms with Gasteiger partial charge in [0.2, 0.25) is 11.8 Å². The van der Waals surface area contributed by atoms with Gasteiger partial charge in [-0.3, -0.25) is 28.8 Å². The van der Waals surface area contributed by atoms with Gasteiger partial charge in [0.25, 0.3) is 11.8 Å². The first-order valence-electron chi connectivity index (χ1n) is 25.6. The lowest BCUT2D eigenvalue weighted by Crippen LogP contribution is -2.42. The molecule has 3 aliphatic rings. The Labute approximate surface area is 452 Å². The highest BCUT2D eigenvalue weighted by molar-refractivity contribution is 7.17. The van der Waals surface area contributed by atoms with Crippen LogP contribution in [-0.4, -0.2) is 84.0 Å². The van der Waals surface area contributed by atoms with Crippen LogP contribution in [0.15, 0.2) is 96.4 Å². The van der Waals surface area contributed by atoms with Gasteiger partial charge < -0.3 is 45.5 Å². The van der Waals surface area contributed by atoms with Gasteiger partial charge in [-0.2, -0.15) is 26.3 Å². The number of nitrogens with one attached hydrogen (secondary N) is 5. The van der Waals surface area contributed by atoms with Gasteiger partial charge in [0.1, 0.15) is 23.7 Å². The highest BCUT2D eigenvalue weighted by Gasteiger charge is 2.54. The van der Waals surface area contributed by atoms with E-state index in [4.69, 9.17) is 9.47 Å². The Morgan fingerprint density at radius 1 is 0.722 bits per heavy atom. The van der Waals surface area contributed by atoms with E-state index in [1.807, 2.05) is 55.6 Å². The molecule has 16 nitrogen and oxygen atoms in total. The second-order valence-electron chi connectivity index (χ2n) is 19.5. The number of esters is 1. The van der Waals surface area contributed by atoms with E-state index in [0.29, 0.717) is 57.3 Å². The Balaban J connectivity index is 0.739. The Kier molecular flexibility index (Phi) is 15.9. The highest BCUT2D eigenvalue weighted by Crippen LogP contribution is 2.57. The summed E-state index contributed by atoms with van der Waals surface area (Å²) in [6.45, 7) is 5.11. The number of alkyl halides is 6. The molecule has 0 bridgehead atoms. The third kappa shape index (κ3) is 11.8. The first-order valence-corrected chi connectivity index (χ1v) is 26.4. The number of halogens is 6. The minimum atomic E-state index is -5.25. The predicted molar refractivity (Wildman–Crippen MR) is 280 cm³/mol. The number of hydrogen-bond donors (Lipinski definition) is 5. The molecular formula is C56H53F6N7O9S. The van der Waals surface area contributed by atoms with Crippen molar-refractivity contribution in [2.24, 2.45) is 5.92 Å². The summed E-state index contributed by atoms with van der Waals surface area (Å²) in [4.78, 5) is 92.8. The van der Waals surface area contributed by atoms with Gasteiger partial charge in [-0.15, -0.1) is 11.3 Å². The average Bonchev–Trinajstić information content (AvgIpc) is 4.26. The number of rotatable bonds is 17. The zero-order chi connectivity index (χ0) is 56.4. The van der Waals surface area contributed by atoms with E-state index in [1.165, 1.54) is 41.7 Å². The van der Waals surface area contributed by atoms with Gasteiger partial charge in [-0.05, 0) is 124 Å². The summed E-state index contributed by atoms with van der Waals surface area (Å²) >= 11 is 1.50. The molecule has 23 heteroatoms. The molecule has 4 heterocycles. The number of fused-ring (bicyclic) bond motifs is 7. The molecule has 5 N–H and O–H groups in total. The zero-order valence-electron chi connectivity index (χ0n) is 42.6. The smallest absolute Gasteiger partial charge is 0.456 e. The molecule has 1 fully saturated rings. The maximum atomic E-state index is 13.7. The van der Waals surface area contributed by atoms with Crippen molar-refractivity contribution in [2.45, 2.75) is 95.8 Å². The summed E-state index contributed by atoms with van der Waals surface area (Å²) in [5.74, 6) is -7.14. The molecule has 2 aliphatic heterocycles. The molecule has 1 spiro atoms. The molecule has 414 valence electrons. The number of thiophene rings is 1. The summed E-state index contributed by atoms with van der Waals surface area (Å²) in [5, 5.41) is 14.3. The molecule has 6 amide bonds. The minimum Gasteiger partial charge on any atom is -0.456 e. The molecule has 4 aromatic carbocycles. The normalized spacial score (nSPS) is 16.2. The van der Waals surface area contributed by atoms with Crippen molar-refractivity contribution < 1.29 is 69.4 Å². The first-order chi connectivity index (χ1) is 37.6. The zero-order valence-corrected chi connectivity index (χ0v) is 43.4. The van der Waals surface area contributed by atoms with Crippen LogP contribution >= 0.6 is 11.3 Å². The number of ether oxygens (including phenoxy) is 2. The van der Waals surface area contributed by atoms with Crippen LogP contribution in [-0.2, 0) is 36.1 Å². The molecule has 79 heavy (non-hydrogen) atoms. The lowest BCUT2D eigenvalue weighted by Gasteiger charge is -2.37. The first kappa shape index (κ1) is 55.5. The lowest BCUT2D eigenvalue weighted by molar-refractivity contribution is -0.167. The Bertz CT molecular complexity index is 3310. The van der Waals surface area contributed by atoms with E-state index in [1.54, 1.807) is 20.1 Å². The van der Waals surface area contributed by atoms with E-state index in [-0.39, 0.29) is 93.5 Å². The maximum absolute atomic E-state index is 13.7. The fraction of sp³-hybridized carbons (Fsp3) is 0.339. The number of amides is 6. The standard InChI is InChI=1S/C56H53F6N7O9S/c1-3-68(37-10-8-9-31(2)25-37)47(70)30-69-42-21-24-79-46(42)29-43(69)50(73)65-34-14-11-32(12-15-34)48(71)63-22-6-4-5-7-23-64-49(72)33-13-18-39-38(26-33)51(74)78-54(39)40-19-16-35(66-52(75)55(57,58)59)27-44(40)77-45-28-36(17-20-41(45)54)67-53(76)56(60,61)62/h8-10,13,16-21,24-29,32,34H,3-7,11-12,14-15,22-23,30H2,1-2H3,(H,63,71)(H,64,72)(H,65,73)(H,66,75)(H,67,76)/t32-,34-. The second kappa shape index (κ2) is 22.6. The maximum Gasteiger partial charge on any atom is 0.471 e. The molecular weight excluding hydrogens is 1060 g/mol. The van der Waals surface area contributed by atoms with Crippen LogP contribution in [0.3, 0.4) is 0 Å². The molecule has 1 aliphatic carbocycles. The van der Waals surface area contributed by atoms with Crippen LogP contribution in [0.4, 0.5) is 43.4 Å². The average molecular weight is 1110 g/mol. The fourth-order valence-electron chi connectivity index (χ4n) is 10.3. The van der Waals surface area contributed by atoms with Gasteiger partial charge in [-0.25, -0.2) is 4.79 Å². The molecule has 1 saturated carbocycles. The SMILES string of the molecule is CCN(C(=O)Cn1c(C(=O)N[C@H]2CC[C@H](C(=O)NCCCCCCNC(=O)c3ccc4c(c3)C(=O)OC43c4ccc(NC(=O)C(F)(F)F)cc4Oc4cc(NC(=O)C(F)(F)F)ccc43)CC2)cc2sccc21)c1cccc(C)c1. The summed E-state index contributed by atoms with van der Waals surface area (Å²) < 4.78 is 93.4. The van der Waals surface area contributed by atoms with Crippen LogP contribution in [0.1, 0.15) is 112 Å². The van der Waals surface area contributed by atoms with Gasteiger partial charge >= 0.3 is 30.1 Å². The van der Waals surface area contributed by atoms with Crippen LogP contribution in [0, 0.1) is 12.8 Å². The number of hydrogen-bond acceptors (Lipinski definition) is 10. The largest absolute Gasteiger partial charge is 0.471 e. The fourth-order valence-corrected chi connectivity index (χ4v) is 11.1. The van der Waals surface area contributed by atoms with Crippen LogP contribution < -0.4 is 36.2 Å². The van der Waals surface area contributed by atoms with Crippen molar-refractivity contribution in [3.63, 3.8) is 0 Å². The van der Waals surface area contributed by atoms with Crippen LogP contribution in [0.2, 0.25) is 0 Å². The van der Waals surface area contributed by atoms with Gasteiger partial charge in [0.05, 0.1) is 15.8 Å². The van der Waals surface area contributed by atoms with E-state index in [2.05, 4.69) is 16.0 Å². The van der Waals surface area contributed by atoms with Crippen molar-refractivity contribution in [3.8, 4) is 11.5 Å². The van der Waals surface area contributed by atoms with E-state index < -0.39 is 41.6 Å². The number of aromatic nitrogens is 1. The van der Waals surface area contributed by atoms with Crippen LogP contribution in [0.25, 0.3) is 10.2 Å². The monoisotopic (exact) mass is 1110 g/mol. The summed E-state index contributed by atoms with van der Waals surface area (Å²) in [7, 11) is 0. The number of unbranched alkanes of at least 4 members (excludes halogenated alkanes) is 3. The van der Waals surface area contributed by atoms with E-state index >= 15 is 0 Å². The van der Waals surface area contributed by atoms with Crippen molar-refractivity contribution in [2.75, 3.05) is 35.2 Å². The summed E-state index contributed by atoms with van der Waals surface area (Å²) in [6.07, 6.45) is -5.26. The Morgan fingerprint density at radius 2 is 1.34 bits per heavy atom. The number of nitrogens with zero attached hydrogens (tertiary/aromatic N) is 2. The number of carbonyl (C=O) groups is 7. The van der Waals surface area contributed by atoms with Crippen molar-refractivity contribution in [1.82, 2.24) is 20.5 Å². The number of aryl methyl sites for hydroxylation is 1. The lowest BCUT2D eigenvalue weighted by atomic mass is 9.77. The third-order valence-electron chi connectivity index (χ3n) is 14.2. The molecule has 2 aromatic heterocycles. The number of likely N-dealkylation sites (N-methyl/N-ethyl adjacent to an activating group) is 1. The minimum absolute atomic E-state index is 0.000166. The van der Waals surface area contributed by atoms with Crippen LogP contribution in [0.5, 0.6) is 11.5 Å². The summed E-state index contributed by atoms with van der Waals surface area (Å²) in [6, 6.07) is 22.3. The van der Waals surface area contributed by atoms with Gasteiger partial charge in [-0.1, -0.05) is 31.0 Å². The highest BCUT2D eigenvalue weighted by atomic mass is 32.1. The van der Waals surface area contributed by atoms with Gasteiger partial charge in [0, 0.05) is 83.0 Å². The molecule has 0 saturated heterocycles. The van der Waals surface area contributed by atoms with Crippen molar-refractivity contribution in [3.05, 3.63) is 135 Å². The number of carbonyl (C=O) groups excluding carboxylic acids is 7. The van der Waals surface area contributed by atoms with E-state index in [9.17, 15) is 59.9 Å². The number of anilines is 3. The van der Waals surface area contributed by atoms with Crippen molar-refractivity contribution >= 4 is 80.0 Å². The molecule has 0 unspecified atom stereocenters. The van der Waals surface area contributed by atoms with Crippen molar-refractivity contribution in [1.29, 1.82) is 0 Å². The van der Waals surface area contributed by atoms with E-state index in [0.717, 1.165) is 58.6 Å². The molecule has 0 radical (unpaired) electrons. The summed E-state index contributed by atoms with van der Waals surface area (Å²) in [5.41, 5.74) is 0.726. The quantitative estimate of drug-likeness (QED) is 0.0334. The number of benzene rings is 4. The topological polar surface area (TPSA) is 206 Å². The van der Waals surface area contributed by atoms with Gasteiger partial charge in [0.15, 0.2) is 5.60 Å². The Hall–Kier alpha value is -8.21. The second-order valence-corrected chi connectivity index (χ2v) is 20.5. The molecule has 6 aromatic rings. The Morgan fingerprint density at radius 3 is 1.95 bits per heavy atom. The third-order valence-corrected chi connectivity index (χ3v) is 15.1. The predicted octanol–water partition coefficient (Wildman–Crippen LogP) is 10.0. The molecule has 9 rings (SSSR count).